The van der Waals surface area contributed by atoms with E-state index in [9.17, 15) is 32.4 Å². The SMILES string of the molecule is CCCC(NC(=O)[C@@H]1C[C@@]2(CC1C(=O)[C@@H](NC(=O)N[C@@H](CNS(=O)(=O)N1CCOCC1)C(C)(C)C)C(C)(C)C)C(C)(C)C21CCC1)C(=O)C(=O)NC1CC1. The molecule has 0 aromatic rings. The molecule has 4 saturated carbocycles. The number of nitrogens with zero attached hydrogens (tertiary/aromatic N) is 1. The van der Waals surface area contributed by atoms with Gasteiger partial charge in [0.2, 0.25) is 11.7 Å². The zero-order valence-corrected chi connectivity index (χ0v) is 34.8. The van der Waals surface area contributed by atoms with Crippen molar-refractivity contribution < 1.29 is 37.1 Å². The summed E-state index contributed by atoms with van der Waals surface area (Å²) in [5, 5.41) is 11.6. The summed E-state index contributed by atoms with van der Waals surface area (Å²) >= 11 is 0. The molecule has 2 unspecified atom stereocenters. The summed E-state index contributed by atoms with van der Waals surface area (Å²) in [4.78, 5) is 69.1. The number of urea groups is 1. The number of hydrogen-bond acceptors (Lipinski definition) is 8. The molecule has 1 aliphatic heterocycles. The lowest BCUT2D eigenvalue weighted by atomic mass is 9.72. The van der Waals surface area contributed by atoms with Crippen molar-refractivity contribution in [3.8, 4) is 0 Å². The average molecular weight is 779 g/mol. The zero-order chi connectivity index (χ0) is 40.1. The van der Waals surface area contributed by atoms with Gasteiger partial charge in [0.05, 0.1) is 25.3 Å². The van der Waals surface area contributed by atoms with Crippen LogP contribution in [0.2, 0.25) is 0 Å². The van der Waals surface area contributed by atoms with E-state index in [4.69, 9.17) is 4.74 Å². The lowest BCUT2D eigenvalue weighted by Crippen LogP contribution is -2.59. The van der Waals surface area contributed by atoms with E-state index in [-0.39, 0.29) is 47.7 Å². The summed E-state index contributed by atoms with van der Waals surface area (Å²) in [5.41, 5.74) is -1.55. The molecule has 1 saturated heterocycles. The zero-order valence-electron chi connectivity index (χ0n) is 34.0. The Kier molecular flexibility index (Phi) is 12.1. The number of ketones is 2. The van der Waals surface area contributed by atoms with Gasteiger partial charge in [-0.05, 0) is 72.0 Å². The number of morpholine rings is 1. The molecule has 54 heavy (non-hydrogen) atoms. The molecule has 5 fully saturated rings. The second kappa shape index (κ2) is 15.4. The van der Waals surface area contributed by atoms with Gasteiger partial charge in [0, 0.05) is 43.6 Å². The number of Topliss-reactive ketones (excluding diaryl/α,β-unsaturated/α-hetero) is 2. The lowest BCUT2D eigenvalue weighted by Gasteiger charge is -2.36. The van der Waals surface area contributed by atoms with Gasteiger partial charge in [0.25, 0.3) is 16.1 Å². The molecule has 5 rings (SSSR count). The second-order valence-electron chi connectivity index (χ2n) is 19.3. The Hall–Kier alpha value is -2.62. The van der Waals surface area contributed by atoms with Crippen LogP contribution in [0.3, 0.4) is 0 Å². The Morgan fingerprint density at radius 3 is 1.96 bits per heavy atom. The van der Waals surface area contributed by atoms with Crippen molar-refractivity contribution in [2.24, 2.45) is 38.9 Å². The maximum atomic E-state index is 14.9. The number of carbonyl (C=O) groups is 5. The van der Waals surface area contributed by atoms with E-state index in [1.807, 2.05) is 48.5 Å². The largest absolute Gasteiger partial charge is 0.379 e. The molecule has 15 heteroatoms. The van der Waals surface area contributed by atoms with Crippen LogP contribution in [-0.2, 0) is 34.1 Å². The molecule has 0 bridgehead atoms. The molecule has 1 heterocycles. The van der Waals surface area contributed by atoms with E-state index in [2.05, 4.69) is 39.8 Å². The standard InChI is InChI=1S/C39H66N6O8S/c1-10-12-27(30(47)33(49)41-24-13-14-24)42-32(48)26-22-39(37(8,9)38(39)15-11-16-38)21-25(26)29(46)31(36(5,6)7)44-34(50)43-28(35(2,3)4)23-40-54(51,52)45-17-19-53-20-18-45/h24-28,31,40H,10-23H2,1-9H3,(H,41,49)(H,42,48)(H2,43,44,50)/t25?,26-,27?,28+,31-,39+/m1/s1. The first-order valence-electron chi connectivity index (χ1n) is 20.1. The van der Waals surface area contributed by atoms with E-state index in [1.54, 1.807) is 0 Å². The maximum absolute atomic E-state index is 14.9. The molecular formula is C39H66N6O8S. The average Bonchev–Trinajstić information content (AvgIpc) is 3.89. The summed E-state index contributed by atoms with van der Waals surface area (Å²) in [6.07, 6.45) is 6.75. The van der Waals surface area contributed by atoms with Crippen LogP contribution in [-0.4, -0.2) is 99.2 Å². The third-order valence-electron chi connectivity index (χ3n) is 13.7. The van der Waals surface area contributed by atoms with Gasteiger partial charge < -0.3 is 26.0 Å². The highest BCUT2D eigenvalue weighted by atomic mass is 32.2. The summed E-state index contributed by atoms with van der Waals surface area (Å²) in [6, 6.07) is -3.21. The summed E-state index contributed by atoms with van der Waals surface area (Å²) < 4.78 is 35.3. The second-order valence-corrected chi connectivity index (χ2v) is 21.1. The van der Waals surface area contributed by atoms with Crippen LogP contribution >= 0.6 is 0 Å². The predicted octanol–water partition coefficient (Wildman–Crippen LogP) is 3.21. The highest BCUT2D eigenvalue weighted by Crippen LogP contribution is 2.90. The van der Waals surface area contributed by atoms with Gasteiger partial charge >= 0.3 is 6.03 Å². The molecular weight excluding hydrogens is 713 g/mol. The van der Waals surface area contributed by atoms with Crippen molar-refractivity contribution in [1.82, 2.24) is 30.3 Å². The first-order valence-corrected chi connectivity index (χ1v) is 21.5. The van der Waals surface area contributed by atoms with Gasteiger partial charge in [0.1, 0.15) is 0 Å². The molecule has 0 aromatic heterocycles. The van der Waals surface area contributed by atoms with E-state index in [0.717, 1.165) is 32.1 Å². The van der Waals surface area contributed by atoms with Crippen molar-refractivity contribution in [2.45, 2.75) is 144 Å². The molecule has 5 N–H and O–H groups in total. The number of fused-ring (bicyclic) bond motifs is 1. The molecule has 6 atom stereocenters. The summed E-state index contributed by atoms with van der Waals surface area (Å²) in [7, 11) is -3.81. The minimum Gasteiger partial charge on any atom is -0.379 e. The van der Waals surface area contributed by atoms with Crippen LogP contribution < -0.4 is 26.0 Å². The van der Waals surface area contributed by atoms with E-state index < -0.39 is 74.6 Å². The molecule has 2 spiro atoms. The van der Waals surface area contributed by atoms with Crippen LogP contribution in [0, 0.1) is 38.9 Å². The van der Waals surface area contributed by atoms with Gasteiger partial charge in [-0.15, -0.1) is 0 Å². The quantitative estimate of drug-likeness (QED) is 0.157. The van der Waals surface area contributed by atoms with Gasteiger partial charge in [0.15, 0.2) is 5.78 Å². The third-order valence-corrected chi connectivity index (χ3v) is 15.3. The Morgan fingerprint density at radius 2 is 1.46 bits per heavy atom. The van der Waals surface area contributed by atoms with E-state index in [0.29, 0.717) is 38.9 Å². The molecule has 4 aliphatic carbocycles. The number of hydrogen-bond donors (Lipinski definition) is 5. The Morgan fingerprint density at radius 1 is 0.852 bits per heavy atom. The van der Waals surface area contributed by atoms with Crippen LogP contribution in [0.5, 0.6) is 0 Å². The molecule has 0 radical (unpaired) electrons. The number of nitrogens with one attached hydrogen (secondary N) is 5. The van der Waals surface area contributed by atoms with Crippen LogP contribution in [0.25, 0.3) is 0 Å². The number of rotatable bonds is 15. The van der Waals surface area contributed by atoms with Gasteiger partial charge in [-0.2, -0.15) is 12.7 Å². The van der Waals surface area contributed by atoms with Crippen molar-refractivity contribution in [1.29, 1.82) is 0 Å². The fourth-order valence-electron chi connectivity index (χ4n) is 9.87. The maximum Gasteiger partial charge on any atom is 0.315 e. The first-order chi connectivity index (χ1) is 25.0. The normalized spacial score (nSPS) is 28.0. The van der Waals surface area contributed by atoms with E-state index >= 15 is 0 Å². The van der Waals surface area contributed by atoms with Crippen molar-refractivity contribution in [3.63, 3.8) is 0 Å². The molecule has 14 nitrogen and oxygen atoms in total. The van der Waals surface area contributed by atoms with Crippen molar-refractivity contribution in [3.05, 3.63) is 0 Å². The number of ether oxygens (including phenoxy) is 1. The van der Waals surface area contributed by atoms with Crippen molar-refractivity contribution in [2.75, 3.05) is 32.8 Å². The van der Waals surface area contributed by atoms with Crippen molar-refractivity contribution >= 4 is 39.6 Å². The Bertz CT molecular complexity index is 1570. The molecule has 306 valence electrons. The highest BCUT2D eigenvalue weighted by Gasteiger charge is 2.85. The minimum atomic E-state index is -3.81. The van der Waals surface area contributed by atoms with Gasteiger partial charge in [-0.3, -0.25) is 19.2 Å². The lowest BCUT2D eigenvalue weighted by molar-refractivity contribution is -0.141. The first kappa shape index (κ1) is 42.5. The molecule has 0 aromatic carbocycles. The molecule has 5 aliphatic rings. The monoisotopic (exact) mass is 778 g/mol. The fourth-order valence-corrected chi connectivity index (χ4v) is 11.1. The third kappa shape index (κ3) is 8.25. The highest BCUT2D eigenvalue weighted by molar-refractivity contribution is 7.87. The fraction of sp³-hybridized carbons (Fsp3) is 0.872. The molecule has 4 amide bonds. The Balaban J connectivity index is 1.35. The predicted molar refractivity (Wildman–Crippen MR) is 204 cm³/mol. The van der Waals surface area contributed by atoms with E-state index in [1.165, 1.54) is 4.31 Å². The van der Waals surface area contributed by atoms with Gasteiger partial charge in [-0.25, -0.2) is 9.52 Å². The minimum absolute atomic E-state index is 0.00369. The summed E-state index contributed by atoms with van der Waals surface area (Å²) in [5.74, 6) is -3.44. The smallest absolute Gasteiger partial charge is 0.315 e. The number of amides is 4. The van der Waals surface area contributed by atoms with Gasteiger partial charge in [-0.1, -0.05) is 75.2 Å². The Labute approximate surface area is 322 Å². The number of carbonyl (C=O) groups excluding carboxylic acids is 5. The van der Waals surface area contributed by atoms with Crippen LogP contribution in [0.15, 0.2) is 0 Å². The van der Waals surface area contributed by atoms with Crippen LogP contribution in [0.1, 0.15) is 120 Å². The summed E-state index contributed by atoms with van der Waals surface area (Å²) in [6.45, 7) is 18.7. The topological polar surface area (TPSA) is 192 Å². The van der Waals surface area contributed by atoms with Crippen LogP contribution in [0.4, 0.5) is 4.79 Å².